The van der Waals surface area contributed by atoms with E-state index < -0.39 is 43.8 Å². The second-order valence-corrected chi connectivity index (χ2v) is 6.64. The number of nitrogens with one attached hydrogen (secondary N) is 1. The Kier molecular flexibility index (Phi) is 2.89. The van der Waals surface area contributed by atoms with Gasteiger partial charge in [0, 0.05) is 63.2 Å². The first-order chi connectivity index (χ1) is 18.9. The number of piperidine rings is 1. The molecule has 1 amide bonds. The molecule has 0 spiro atoms. The first-order valence-electron chi connectivity index (χ1n) is 14.2. The fourth-order valence-corrected chi connectivity index (χ4v) is 3.04. The zero-order valence-corrected chi connectivity index (χ0v) is 16.3. The van der Waals surface area contributed by atoms with Gasteiger partial charge in [-0.25, -0.2) is 19.9 Å². The SMILES string of the molecule is [2H]C1([2H])N(c2cc(C(=O)Nc3cc4nc(-c5cncn5C)ccc4cn3)ccn2)C([2H])([2H])C([2H])([2H])C([2H])([2H])C1([2H])[2H]. The highest BCUT2D eigenvalue weighted by molar-refractivity contribution is 6.04. The topological polar surface area (TPSA) is 88.8 Å². The maximum absolute atomic E-state index is 13.1. The van der Waals surface area contributed by atoms with Gasteiger partial charge in [0.15, 0.2) is 0 Å². The van der Waals surface area contributed by atoms with Crippen LogP contribution in [0.4, 0.5) is 11.6 Å². The molecule has 5 rings (SSSR count). The average Bonchev–Trinajstić information content (AvgIpc) is 3.33. The van der Waals surface area contributed by atoms with Gasteiger partial charge in [-0.1, -0.05) is 0 Å². The van der Waals surface area contributed by atoms with Crippen LogP contribution in [0.15, 0.2) is 55.2 Å². The number of carbonyl (C=O) groups excluding carboxylic acids is 1. The summed E-state index contributed by atoms with van der Waals surface area (Å²) in [4.78, 5) is 30.0. The van der Waals surface area contributed by atoms with E-state index in [9.17, 15) is 4.79 Å². The third-order valence-corrected chi connectivity index (χ3v) is 4.59. The molecule has 156 valence electrons. The summed E-state index contributed by atoms with van der Waals surface area (Å²) in [7, 11) is 1.83. The molecule has 0 atom stereocenters. The Morgan fingerprint density at radius 1 is 1.10 bits per heavy atom. The number of anilines is 2. The summed E-state index contributed by atoms with van der Waals surface area (Å²) in [6, 6.07) is 7.39. The Hall–Kier alpha value is -3.81. The van der Waals surface area contributed by atoms with Crippen LogP contribution in [0.5, 0.6) is 0 Å². The lowest BCUT2D eigenvalue weighted by molar-refractivity contribution is 0.102. The summed E-state index contributed by atoms with van der Waals surface area (Å²) in [5.41, 5.74) is 1.81. The molecule has 4 aromatic heterocycles. The second kappa shape index (κ2) is 8.14. The van der Waals surface area contributed by atoms with Crippen LogP contribution in [0.2, 0.25) is 0 Å². The minimum atomic E-state index is -3.56. The van der Waals surface area contributed by atoms with Crippen molar-refractivity contribution in [3.05, 3.63) is 60.8 Å². The van der Waals surface area contributed by atoms with E-state index >= 15 is 0 Å². The molecule has 0 radical (unpaired) electrons. The minimum Gasteiger partial charge on any atom is -0.357 e. The van der Waals surface area contributed by atoms with Gasteiger partial charge in [0.05, 0.1) is 29.4 Å². The lowest BCUT2D eigenvalue weighted by Crippen LogP contribution is -2.30. The molecule has 0 aliphatic carbocycles. The number of nitrogens with zero attached hydrogens (tertiary/aromatic N) is 6. The predicted octanol–water partition coefficient (Wildman–Crippen LogP) is 3.67. The highest BCUT2D eigenvalue weighted by Gasteiger charge is 2.15. The van der Waals surface area contributed by atoms with Gasteiger partial charge in [-0.3, -0.25) is 4.79 Å². The molecule has 5 heterocycles. The normalized spacial score (nSPS) is 26.9. The van der Waals surface area contributed by atoms with Gasteiger partial charge in [-0.15, -0.1) is 0 Å². The molecule has 1 aliphatic rings. The second-order valence-electron chi connectivity index (χ2n) is 6.64. The van der Waals surface area contributed by atoms with Crippen molar-refractivity contribution in [3.63, 3.8) is 0 Å². The highest BCUT2D eigenvalue weighted by Crippen LogP contribution is 2.22. The van der Waals surface area contributed by atoms with Crippen LogP contribution in [0.1, 0.15) is 43.2 Å². The van der Waals surface area contributed by atoms with Gasteiger partial charge >= 0.3 is 0 Å². The predicted molar refractivity (Wildman–Crippen MR) is 120 cm³/mol. The Balaban J connectivity index is 1.48. The van der Waals surface area contributed by atoms with E-state index in [0.717, 1.165) is 18.0 Å². The van der Waals surface area contributed by atoms with Crippen LogP contribution in [-0.2, 0) is 7.05 Å². The van der Waals surface area contributed by atoms with Crippen LogP contribution < -0.4 is 10.2 Å². The van der Waals surface area contributed by atoms with E-state index in [4.69, 9.17) is 13.7 Å². The maximum Gasteiger partial charge on any atom is 0.257 e. The van der Waals surface area contributed by atoms with Gasteiger partial charge in [0.1, 0.15) is 11.6 Å². The van der Waals surface area contributed by atoms with Crippen LogP contribution >= 0.6 is 0 Å². The van der Waals surface area contributed by atoms with Crippen molar-refractivity contribution < 1.29 is 18.5 Å². The van der Waals surface area contributed by atoms with Crippen molar-refractivity contribution >= 4 is 28.4 Å². The molecule has 0 bridgehead atoms. The molecule has 8 nitrogen and oxygen atoms in total. The molecule has 0 saturated carbocycles. The molecule has 1 N–H and O–H groups in total. The lowest BCUT2D eigenvalue weighted by atomic mass is 10.1. The van der Waals surface area contributed by atoms with Gasteiger partial charge in [0.2, 0.25) is 0 Å². The fourth-order valence-electron chi connectivity index (χ4n) is 3.04. The molecule has 4 aromatic rings. The van der Waals surface area contributed by atoms with E-state index in [1.807, 2.05) is 19.2 Å². The molecule has 8 heteroatoms. The van der Waals surface area contributed by atoms with E-state index in [0.29, 0.717) is 16.6 Å². The Morgan fingerprint density at radius 2 is 1.97 bits per heavy atom. The zero-order valence-electron chi connectivity index (χ0n) is 26.3. The molecule has 0 aromatic carbocycles. The third-order valence-electron chi connectivity index (χ3n) is 4.59. The minimum absolute atomic E-state index is 0.107. The van der Waals surface area contributed by atoms with Crippen LogP contribution in [0.25, 0.3) is 22.3 Å². The summed E-state index contributed by atoms with van der Waals surface area (Å²) in [6.45, 7) is -6.82. The van der Waals surface area contributed by atoms with Gasteiger partial charge in [0.25, 0.3) is 5.91 Å². The smallest absolute Gasteiger partial charge is 0.257 e. The van der Waals surface area contributed by atoms with Crippen molar-refractivity contribution in [1.29, 1.82) is 0 Å². The van der Waals surface area contributed by atoms with E-state index in [-0.39, 0.29) is 16.3 Å². The average molecular weight is 424 g/mol. The largest absolute Gasteiger partial charge is 0.357 e. The quantitative estimate of drug-likeness (QED) is 0.539. The number of pyridine rings is 3. The Morgan fingerprint density at radius 3 is 2.77 bits per heavy atom. The molecular formula is C23H23N7O. The zero-order chi connectivity index (χ0) is 30.2. The van der Waals surface area contributed by atoms with Crippen molar-refractivity contribution in [2.45, 2.75) is 19.1 Å². The Bertz CT molecular complexity index is 1640. The van der Waals surface area contributed by atoms with Crippen LogP contribution in [0.3, 0.4) is 0 Å². The number of amides is 1. The number of carbonyl (C=O) groups is 1. The highest BCUT2D eigenvalue weighted by atomic mass is 16.1. The molecule has 0 unspecified atom stereocenters. The van der Waals surface area contributed by atoms with Crippen molar-refractivity contribution in [1.82, 2.24) is 24.5 Å². The van der Waals surface area contributed by atoms with Crippen molar-refractivity contribution in [2.24, 2.45) is 7.05 Å². The summed E-state index contributed by atoms with van der Waals surface area (Å²) in [5, 5.41) is 3.29. The summed E-state index contributed by atoms with van der Waals surface area (Å²) >= 11 is 0. The fraction of sp³-hybridized carbons (Fsp3) is 0.261. The summed E-state index contributed by atoms with van der Waals surface area (Å²) < 4.78 is 83.5. The van der Waals surface area contributed by atoms with Gasteiger partial charge in [-0.05, 0) is 43.4 Å². The first kappa shape index (κ1) is 11.0. The van der Waals surface area contributed by atoms with Crippen LogP contribution in [0, 0.1) is 0 Å². The standard InChI is InChI=1S/C23H23N7O/c1-29-15-24-14-20(29)18-6-5-17-13-26-21(12-19(17)27-18)28-23(31)16-7-8-25-22(11-16)30-9-3-2-4-10-30/h5-8,11-15H,2-4,9-10H2,1H3,(H,26,28,31)/i2D2,3D2,4D2,9D2,10D2. The molecule has 1 saturated heterocycles. The number of fused-ring (bicyclic) bond motifs is 1. The number of hydrogen-bond acceptors (Lipinski definition) is 6. The van der Waals surface area contributed by atoms with E-state index in [1.165, 1.54) is 12.3 Å². The Labute approximate surface area is 194 Å². The van der Waals surface area contributed by atoms with E-state index in [1.54, 1.807) is 23.2 Å². The van der Waals surface area contributed by atoms with Crippen molar-refractivity contribution in [3.8, 4) is 11.4 Å². The maximum atomic E-state index is 13.1. The molecule has 1 fully saturated rings. The number of hydrogen-bond donors (Lipinski definition) is 1. The number of rotatable bonds is 4. The third kappa shape index (κ3) is 3.96. The molecular weight excluding hydrogens is 390 g/mol. The lowest BCUT2D eigenvalue weighted by Gasteiger charge is -2.27. The first-order valence-corrected chi connectivity index (χ1v) is 9.25. The van der Waals surface area contributed by atoms with Crippen molar-refractivity contribution in [2.75, 3.05) is 23.2 Å². The summed E-state index contributed by atoms with van der Waals surface area (Å²) in [6.07, 6.45) is -4.74. The number of aromatic nitrogens is 5. The monoisotopic (exact) mass is 423 g/mol. The molecule has 1 aliphatic heterocycles. The number of imidazole rings is 1. The van der Waals surface area contributed by atoms with Gasteiger partial charge < -0.3 is 14.8 Å². The van der Waals surface area contributed by atoms with Gasteiger partial charge in [-0.2, -0.15) is 0 Å². The van der Waals surface area contributed by atoms with E-state index in [2.05, 4.69) is 25.3 Å². The summed E-state index contributed by atoms with van der Waals surface area (Å²) in [5.74, 6) is -1.23. The van der Waals surface area contributed by atoms with Crippen LogP contribution in [-0.4, -0.2) is 43.4 Å². The number of aryl methyl sites for hydroxylation is 1. The molecule has 31 heavy (non-hydrogen) atoms.